The lowest BCUT2D eigenvalue weighted by atomic mass is 9.98. The van der Waals surface area contributed by atoms with Crippen molar-refractivity contribution in [3.8, 4) is 11.4 Å². The standard InChI is InChI=1S/C36H36N8O4/c1-40-23-34(46)42-32(18-24-14-16-27(45)17-15-24)35(47)41(22-33(42)44(40)36(48)38-19-25-8-3-2-4-9-25)21-26-10-7-13-30-28(26)20-39-43(30)31-12-6-5-11-29(31)37/h2-17,20,32-33,45H,18-19,21-23,37H2,1H3,(H,38,48)/t32-,33-/m0/s1. The van der Waals surface area contributed by atoms with E-state index in [4.69, 9.17) is 5.73 Å². The Bertz CT molecular complexity index is 1980. The van der Waals surface area contributed by atoms with Gasteiger partial charge in [0.1, 0.15) is 18.0 Å². The second-order valence-electron chi connectivity index (χ2n) is 12.2. The minimum Gasteiger partial charge on any atom is -0.508 e. The van der Waals surface area contributed by atoms with Crippen molar-refractivity contribution in [2.24, 2.45) is 0 Å². The maximum Gasteiger partial charge on any atom is 0.334 e. The van der Waals surface area contributed by atoms with E-state index >= 15 is 0 Å². The molecule has 2 saturated heterocycles. The lowest BCUT2D eigenvalue weighted by Crippen LogP contribution is -2.76. The van der Waals surface area contributed by atoms with Crippen molar-refractivity contribution in [3.05, 3.63) is 120 Å². The molecule has 48 heavy (non-hydrogen) atoms. The normalized spacial score (nSPS) is 18.3. The van der Waals surface area contributed by atoms with Crippen molar-refractivity contribution in [2.75, 3.05) is 25.9 Å². The fourth-order valence-electron chi connectivity index (χ4n) is 6.68. The van der Waals surface area contributed by atoms with Crippen LogP contribution in [-0.4, -0.2) is 84.9 Å². The van der Waals surface area contributed by atoms with Gasteiger partial charge in [-0.1, -0.05) is 66.7 Å². The van der Waals surface area contributed by atoms with E-state index in [0.717, 1.165) is 33.3 Å². The number of aromatic hydroxyl groups is 1. The number of rotatable bonds is 7. The fourth-order valence-corrected chi connectivity index (χ4v) is 6.68. The minimum absolute atomic E-state index is 0.0598. The Hall–Kier alpha value is -5.88. The largest absolute Gasteiger partial charge is 0.508 e. The molecule has 2 aliphatic rings. The molecule has 0 spiro atoms. The Balaban J connectivity index is 1.23. The number of fused-ring (bicyclic) bond motifs is 2. The molecule has 7 rings (SSSR count). The number of piperazine rings is 1. The molecule has 244 valence electrons. The van der Waals surface area contributed by atoms with Crippen molar-refractivity contribution < 1.29 is 19.5 Å². The van der Waals surface area contributed by atoms with E-state index in [9.17, 15) is 19.5 Å². The fraction of sp³-hybridized carbons (Fsp3) is 0.222. The van der Waals surface area contributed by atoms with Gasteiger partial charge >= 0.3 is 6.03 Å². The van der Waals surface area contributed by atoms with Crippen LogP contribution in [-0.2, 0) is 29.1 Å². The predicted octanol–water partition coefficient (Wildman–Crippen LogP) is 3.49. The number of nitrogen functional groups attached to an aromatic ring is 1. The Morgan fingerprint density at radius 2 is 1.69 bits per heavy atom. The zero-order chi connectivity index (χ0) is 33.4. The highest BCUT2D eigenvalue weighted by molar-refractivity contribution is 5.92. The van der Waals surface area contributed by atoms with Crippen molar-refractivity contribution in [1.29, 1.82) is 0 Å². The number of hydrogen-bond donors (Lipinski definition) is 3. The third kappa shape index (κ3) is 5.77. The van der Waals surface area contributed by atoms with E-state index in [0.29, 0.717) is 12.2 Å². The number of hydrazine groups is 1. The number of carbonyl (C=O) groups is 3. The average Bonchev–Trinajstić information content (AvgIpc) is 3.52. The maximum atomic E-state index is 14.4. The first-order valence-electron chi connectivity index (χ1n) is 15.8. The summed E-state index contributed by atoms with van der Waals surface area (Å²) in [6.07, 6.45) is 1.24. The molecule has 0 saturated carbocycles. The number of hydrogen-bond acceptors (Lipinski definition) is 7. The molecule has 0 unspecified atom stereocenters. The van der Waals surface area contributed by atoms with Crippen LogP contribution in [0.4, 0.5) is 10.5 Å². The number of aromatic nitrogens is 2. The van der Waals surface area contributed by atoms with E-state index in [1.807, 2.05) is 72.8 Å². The van der Waals surface area contributed by atoms with E-state index in [2.05, 4.69) is 10.4 Å². The van der Waals surface area contributed by atoms with Crippen molar-refractivity contribution >= 4 is 34.4 Å². The number of nitrogens with one attached hydrogen (secondary N) is 1. The number of benzene rings is 4. The number of likely N-dealkylation sites (N-methyl/N-ethyl adjacent to an activating group) is 1. The van der Waals surface area contributed by atoms with Crippen molar-refractivity contribution in [3.63, 3.8) is 0 Å². The number of anilines is 1. The van der Waals surface area contributed by atoms with Gasteiger partial charge < -0.3 is 26.0 Å². The molecule has 12 heteroatoms. The molecule has 2 fully saturated rings. The summed E-state index contributed by atoms with van der Waals surface area (Å²) in [6.45, 7) is 0.591. The zero-order valence-corrected chi connectivity index (χ0v) is 26.4. The molecule has 12 nitrogen and oxygen atoms in total. The molecule has 4 aromatic carbocycles. The van der Waals surface area contributed by atoms with Crippen LogP contribution < -0.4 is 11.1 Å². The summed E-state index contributed by atoms with van der Waals surface area (Å²) in [5.74, 6) is -0.357. The van der Waals surface area contributed by atoms with E-state index in [1.54, 1.807) is 62.0 Å². The molecular weight excluding hydrogens is 608 g/mol. The predicted molar refractivity (Wildman–Crippen MR) is 180 cm³/mol. The first-order chi connectivity index (χ1) is 23.3. The van der Waals surface area contributed by atoms with Gasteiger partial charge in [-0.05, 0) is 47.0 Å². The van der Waals surface area contributed by atoms with E-state index < -0.39 is 12.2 Å². The number of carbonyl (C=O) groups excluding carboxylic acids is 3. The molecular formula is C36H36N8O4. The summed E-state index contributed by atoms with van der Waals surface area (Å²) in [5.41, 5.74) is 11.0. The summed E-state index contributed by atoms with van der Waals surface area (Å²) in [6, 6.07) is 28.3. The first-order valence-corrected chi connectivity index (χ1v) is 15.8. The van der Waals surface area contributed by atoms with Gasteiger partial charge in [0.2, 0.25) is 11.8 Å². The van der Waals surface area contributed by atoms with Gasteiger partial charge in [-0.3, -0.25) is 9.59 Å². The molecule has 3 heterocycles. The topological polar surface area (TPSA) is 140 Å². The van der Waals surface area contributed by atoms with Crippen LogP contribution in [0.3, 0.4) is 0 Å². The summed E-state index contributed by atoms with van der Waals surface area (Å²) in [4.78, 5) is 45.2. The lowest BCUT2D eigenvalue weighted by Gasteiger charge is -2.54. The molecule has 2 atom stereocenters. The SMILES string of the molecule is CN1CC(=O)N2[C@@H](Cc3ccc(O)cc3)C(=O)N(Cc3cccc4c3cnn4-c3ccccc3N)C[C@@H]2N1C(=O)NCc1ccccc1. The minimum atomic E-state index is -0.870. The van der Waals surface area contributed by atoms with Crippen molar-refractivity contribution in [1.82, 2.24) is 34.9 Å². The molecule has 0 radical (unpaired) electrons. The average molecular weight is 645 g/mol. The second kappa shape index (κ2) is 12.7. The maximum absolute atomic E-state index is 14.4. The Morgan fingerprint density at radius 3 is 2.46 bits per heavy atom. The highest BCUT2D eigenvalue weighted by atomic mass is 16.3. The van der Waals surface area contributed by atoms with Gasteiger partial charge in [-0.15, -0.1) is 0 Å². The van der Waals surface area contributed by atoms with Crippen LogP contribution >= 0.6 is 0 Å². The summed E-state index contributed by atoms with van der Waals surface area (Å²) < 4.78 is 1.79. The number of para-hydroxylation sites is 2. The highest BCUT2D eigenvalue weighted by Crippen LogP contribution is 2.31. The number of nitrogens with two attached hydrogens (primary N) is 1. The lowest BCUT2D eigenvalue weighted by molar-refractivity contribution is -0.187. The monoisotopic (exact) mass is 644 g/mol. The van der Waals surface area contributed by atoms with Crippen LogP contribution in [0.15, 0.2) is 103 Å². The van der Waals surface area contributed by atoms with Gasteiger partial charge in [-0.25, -0.2) is 19.5 Å². The second-order valence-corrected chi connectivity index (χ2v) is 12.2. The van der Waals surface area contributed by atoms with Gasteiger partial charge in [0.05, 0.1) is 36.2 Å². The quantitative estimate of drug-likeness (QED) is 0.231. The van der Waals surface area contributed by atoms with E-state index in [-0.39, 0.29) is 49.7 Å². The number of nitrogens with zero attached hydrogens (tertiary/aromatic N) is 6. The highest BCUT2D eigenvalue weighted by Gasteiger charge is 2.50. The van der Waals surface area contributed by atoms with E-state index in [1.165, 1.54) is 0 Å². The molecule has 0 bridgehead atoms. The number of urea groups is 1. The molecule has 2 aliphatic heterocycles. The molecule has 0 aliphatic carbocycles. The van der Waals surface area contributed by atoms with Gasteiger partial charge in [0, 0.05) is 31.9 Å². The molecule has 5 aromatic rings. The number of phenolic OH excluding ortho intramolecular Hbond substituents is 1. The smallest absolute Gasteiger partial charge is 0.334 e. The zero-order valence-electron chi connectivity index (χ0n) is 26.4. The van der Waals surface area contributed by atoms with Crippen molar-refractivity contribution in [2.45, 2.75) is 31.7 Å². The van der Waals surface area contributed by atoms with Gasteiger partial charge in [-0.2, -0.15) is 5.10 Å². The summed E-state index contributed by atoms with van der Waals surface area (Å²) in [7, 11) is 1.71. The van der Waals surface area contributed by atoms with Gasteiger partial charge in [0.25, 0.3) is 0 Å². The van der Waals surface area contributed by atoms with Crippen LogP contribution in [0.1, 0.15) is 16.7 Å². The Kier molecular flexibility index (Phi) is 8.15. The third-order valence-corrected chi connectivity index (χ3v) is 9.03. The molecule has 4 amide bonds. The van der Waals surface area contributed by atoms with Crippen LogP contribution in [0, 0.1) is 0 Å². The Labute approximate surface area is 277 Å². The Morgan fingerprint density at radius 1 is 0.938 bits per heavy atom. The third-order valence-electron chi connectivity index (χ3n) is 9.03. The number of phenols is 1. The van der Waals surface area contributed by atoms with Crippen LogP contribution in [0.2, 0.25) is 0 Å². The summed E-state index contributed by atoms with van der Waals surface area (Å²) in [5, 5.41) is 21.5. The van der Waals surface area contributed by atoms with Crippen LogP contribution in [0.25, 0.3) is 16.6 Å². The molecule has 4 N–H and O–H groups in total. The number of amides is 4. The van der Waals surface area contributed by atoms with Gasteiger partial charge in [0.15, 0.2) is 0 Å². The van der Waals surface area contributed by atoms with Crippen LogP contribution in [0.5, 0.6) is 5.75 Å². The first kappa shape index (κ1) is 30.8. The summed E-state index contributed by atoms with van der Waals surface area (Å²) >= 11 is 0. The molecule has 1 aromatic heterocycles.